The summed E-state index contributed by atoms with van der Waals surface area (Å²) < 4.78 is 34.5. The first-order chi connectivity index (χ1) is 14.5. The largest absolute Gasteiger partial charge is 0.379 e. The van der Waals surface area contributed by atoms with Crippen LogP contribution < -0.4 is 9.62 Å². The van der Waals surface area contributed by atoms with Crippen molar-refractivity contribution < 1.29 is 17.9 Å². The van der Waals surface area contributed by atoms with Crippen molar-refractivity contribution in [3.63, 3.8) is 0 Å². The average Bonchev–Trinajstić information content (AvgIpc) is 3.20. The molecule has 1 atom stereocenters. The van der Waals surface area contributed by atoms with Gasteiger partial charge in [0.15, 0.2) is 0 Å². The molecule has 0 bridgehead atoms. The van der Waals surface area contributed by atoms with Crippen LogP contribution in [-0.4, -0.2) is 58.6 Å². The smallest absolute Gasteiger partial charge is 0.241 e. The number of ether oxygens (including phenoxy) is 1. The molecule has 30 heavy (non-hydrogen) atoms. The lowest BCUT2D eigenvalue weighted by atomic mass is 10.1. The van der Waals surface area contributed by atoms with Gasteiger partial charge in [-0.05, 0) is 36.2 Å². The number of hydrogen-bond acceptors (Lipinski definition) is 5. The second kappa shape index (κ2) is 9.26. The number of carbonyl (C=O) groups is 1. The Morgan fingerprint density at radius 1 is 0.967 bits per heavy atom. The van der Waals surface area contributed by atoms with Gasteiger partial charge in [0, 0.05) is 38.3 Å². The third kappa shape index (κ3) is 4.89. The van der Waals surface area contributed by atoms with Crippen LogP contribution in [0.4, 0.5) is 5.69 Å². The highest BCUT2D eigenvalue weighted by molar-refractivity contribution is 7.89. The molecule has 0 spiro atoms. The van der Waals surface area contributed by atoms with E-state index in [4.69, 9.17) is 4.74 Å². The molecule has 160 valence electrons. The van der Waals surface area contributed by atoms with E-state index >= 15 is 0 Å². The van der Waals surface area contributed by atoms with E-state index in [9.17, 15) is 13.2 Å². The van der Waals surface area contributed by atoms with E-state index < -0.39 is 10.0 Å². The van der Waals surface area contributed by atoms with Crippen LogP contribution in [0.3, 0.4) is 0 Å². The van der Waals surface area contributed by atoms with Gasteiger partial charge in [0.1, 0.15) is 0 Å². The zero-order valence-electron chi connectivity index (χ0n) is 16.9. The van der Waals surface area contributed by atoms with Crippen LogP contribution in [0.25, 0.3) is 0 Å². The van der Waals surface area contributed by atoms with Gasteiger partial charge in [-0.2, -0.15) is 0 Å². The molecule has 0 unspecified atom stereocenters. The molecule has 7 nitrogen and oxygen atoms in total. The number of rotatable bonds is 7. The summed E-state index contributed by atoms with van der Waals surface area (Å²) in [5.41, 5.74) is 1.66. The molecule has 0 aliphatic carbocycles. The van der Waals surface area contributed by atoms with Crippen LogP contribution in [0.15, 0.2) is 59.5 Å². The van der Waals surface area contributed by atoms with Gasteiger partial charge in [-0.3, -0.25) is 9.69 Å². The van der Waals surface area contributed by atoms with Crippen molar-refractivity contribution in [3.8, 4) is 0 Å². The minimum absolute atomic E-state index is 0.0818. The predicted molar refractivity (Wildman–Crippen MR) is 115 cm³/mol. The molecule has 0 aromatic heterocycles. The lowest BCUT2D eigenvalue weighted by Crippen LogP contribution is -2.43. The Labute approximate surface area is 177 Å². The number of amides is 1. The summed E-state index contributed by atoms with van der Waals surface area (Å²) in [6, 6.07) is 15.8. The van der Waals surface area contributed by atoms with E-state index in [2.05, 4.69) is 9.62 Å². The molecule has 4 rings (SSSR count). The molecule has 2 aromatic carbocycles. The Morgan fingerprint density at radius 2 is 1.67 bits per heavy atom. The van der Waals surface area contributed by atoms with Crippen molar-refractivity contribution in [2.24, 2.45) is 0 Å². The topological polar surface area (TPSA) is 79.0 Å². The van der Waals surface area contributed by atoms with E-state index in [1.54, 1.807) is 29.2 Å². The van der Waals surface area contributed by atoms with Crippen LogP contribution in [0.1, 0.15) is 24.4 Å². The number of sulfonamides is 1. The number of carbonyl (C=O) groups excluding carboxylic acids is 1. The second-order valence-electron chi connectivity index (χ2n) is 7.64. The summed E-state index contributed by atoms with van der Waals surface area (Å²) in [6.45, 7) is 4.13. The summed E-state index contributed by atoms with van der Waals surface area (Å²) in [7, 11) is -3.72. The van der Waals surface area contributed by atoms with Crippen LogP contribution in [0, 0.1) is 0 Å². The molecule has 2 heterocycles. The fraction of sp³-hybridized carbons (Fsp3) is 0.409. The van der Waals surface area contributed by atoms with E-state index in [-0.39, 0.29) is 16.8 Å². The maximum Gasteiger partial charge on any atom is 0.241 e. The van der Waals surface area contributed by atoms with Gasteiger partial charge in [0.05, 0.1) is 24.2 Å². The molecule has 2 aliphatic heterocycles. The highest BCUT2D eigenvalue weighted by atomic mass is 32.2. The maximum atomic E-state index is 13.1. The average molecular weight is 430 g/mol. The van der Waals surface area contributed by atoms with E-state index in [1.165, 1.54) is 0 Å². The number of nitrogens with zero attached hydrogens (tertiary/aromatic N) is 2. The fourth-order valence-electron chi connectivity index (χ4n) is 3.92. The SMILES string of the molecule is O=C1CCCN1c1ccc(S(=O)(=O)N[C@@H](CN2CCOCC2)c2ccccc2)cc1. The van der Waals surface area contributed by atoms with E-state index in [0.717, 1.165) is 30.8 Å². The number of hydrogen-bond donors (Lipinski definition) is 1. The van der Waals surface area contributed by atoms with Gasteiger partial charge < -0.3 is 9.64 Å². The third-order valence-electron chi connectivity index (χ3n) is 5.58. The first-order valence-electron chi connectivity index (χ1n) is 10.3. The predicted octanol–water partition coefficient (Wildman–Crippen LogP) is 2.17. The molecule has 2 aromatic rings. The number of morpholine rings is 1. The van der Waals surface area contributed by atoms with Crippen LogP contribution in [0.2, 0.25) is 0 Å². The zero-order chi connectivity index (χ0) is 21.0. The number of nitrogens with one attached hydrogen (secondary N) is 1. The summed E-state index contributed by atoms with van der Waals surface area (Å²) in [6.07, 6.45) is 1.38. The second-order valence-corrected chi connectivity index (χ2v) is 9.35. The van der Waals surface area contributed by atoms with Crippen molar-refractivity contribution in [2.45, 2.75) is 23.8 Å². The normalized spacial score (nSPS) is 19.2. The minimum atomic E-state index is -3.72. The van der Waals surface area contributed by atoms with Gasteiger partial charge in [0.25, 0.3) is 0 Å². The summed E-state index contributed by atoms with van der Waals surface area (Å²) >= 11 is 0. The van der Waals surface area contributed by atoms with E-state index in [0.29, 0.717) is 32.7 Å². The lowest BCUT2D eigenvalue weighted by molar-refractivity contribution is -0.117. The van der Waals surface area contributed by atoms with Gasteiger partial charge >= 0.3 is 0 Å². The van der Waals surface area contributed by atoms with Gasteiger partial charge in [-0.15, -0.1) is 0 Å². The summed E-state index contributed by atoms with van der Waals surface area (Å²) in [5.74, 6) is 0.0818. The van der Waals surface area contributed by atoms with Crippen LogP contribution in [0.5, 0.6) is 0 Å². The molecule has 1 amide bonds. The molecular formula is C22H27N3O4S. The summed E-state index contributed by atoms with van der Waals surface area (Å²) in [4.78, 5) is 16.0. The van der Waals surface area contributed by atoms with Crippen molar-refractivity contribution in [1.82, 2.24) is 9.62 Å². The number of anilines is 1. The first kappa shape index (κ1) is 21.0. The molecular weight excluding hydrogens is 402 g/mol. The van der Waals surface area contributed by atoms with Gasteiger partial charge in [-0.25, -0.2) is 13.1 Å². The standard InChI is InChI=1S/C22H27N3O4S/c26-22-7-4-12-25(22)19-8-10-20(11-9-19)30(27,28)23-21(18-5-2-1-3-6-18)17-24-13-15-29-16-14-24/h1-3,5-6,8-11,21,23H,4,7,12-17H2/t21-/m0/s1. The Hall–Kier alpha value is -2.26. The molecule has 2 saturated heterocycles. The maximum absolute atomic E-state index is 13.1. The monoisotopic (exact) mass is 429 g/mol. The summed E-state index contributed by atoms with van der Waals surface area (Å²) in [5, 5.41) is 0. The molecule has 0 radical (unpaired) electrons. The number of benzene rings is 2. The van der Waals surface area contributed by atoms with Crippen molar-refractivity contribution >= 4 is 21.6 Å². The molecule has 2 fully saturated rings. The first-order valence-corrected chi connectivity index (χ1v) is 11.8. The van der Waals surface area contributed by atoms with E-state index in [1.807, 2.05) is 30.3 Å². The zero-order valence-corrected chi connectivity index (χ0v) is 17.7. The Balaban J connectivity index is 1.52. The van der Waals surface area contributed by atoms with Crippen LogP contribution >= 0.6 is 0 Å². The molecule has 0 saturated carbocycles. The van der Waals surface area contributed by atoms with Gasteiger partial charge in [-0.1, -0.05) is 30.3 Å². The van der Waals surface area contributed by atoms with Crippen molar-refractivity contribution in [3.05, 3.63) is 60.2 Å². The Bertz CT molecular complexity index is 958. The third-order valence-corrected chi connectivity index (χ3v) is 7.06. The van der Waals surface area contributed by atoms with Crippen molar-refractivity contribution in [1.29, 1.82) is 0 Å². The molecule has 2 aliphatic rings. The highest BCUT2D eigenvalue weighted by Crippen LogP contribution is 2.24. The quantitative estimate of drug-likeness (QED) is 0.730. The fourth-order valence-corrected chi connectivity index (χ4v) is 5.14. The Morgan fingerprint density at radius 3 is 2.30 bits per heavy atom. The Kier molecular flexibility index (Phi) is 6.48. The van der Waals surface area contributed by atoms with Gasteiger partial charge in [0.2, 0.25) is 15.9 Å². The molecule has 1 N–H and O–H groups in total. The minimum Gasteiger partial charge on any atom is -0.379 e. The highest BCUT2D eigenvalue weighted by Gasteiger charge is 2.26. The van der Waals surface area contributed by atoms with Crippen LogP contribution in [-0.2, 0) is 19.6 Å². The molecule has 8 heteroatoms. The lowest BCUT2D eigenvalue weighted by Gasteiger charge is -2.31. The van der Waals surface area contributed by atoms with Crippen molar-refractivity contribution in [2.75, 3.05) is 44.3 Å².